The number of amides is 1. The van der Waals surface area contributed by atoms with Crippen molar-refractivity contribution in [1.29, 1.82) is 0 Å². The van der Waals surface area contributed by atoms with E-state index < -0.39 is 24.1 Å². The highest BCUT2D eigenvalue weighted by Gasteiger charge is 2.09. The lowest BCUT2D eigenvalue weighted by molar-refractivity contribution is -0.118. The average molecular weight is 312 g/mol. The Balaban J connectivity index is 1.96. The number of hydrogen-bond donors (Lipinski definition) is 1. The molecule has 21 heavy (non-hydrogen) atoms. The third kappa shape index (κ3) is 4.16. The second-order valence-electron chi connectivity index (χ2n) is 4.39. The van der Waals surface area contributed by atoms with Crippen LogP contribution in [-0.4, -0.2) is 12.5 Å². The van der Waals surface area contributed by atoms with E-state index in [2.05, 4.69) is 5.32 Å². The molecular weight excluding hydrogens is 300 g/mol. The quantitative estimate of drug-likeness (QED) is 0.928. The first-order valence-corrected chi connectivity index (χ1v) is 6.47. The van der Waals surface area contributed by atoms with Gasteiger partial charge in [-0.15, -0.1) is 0 Å². The maximum Gasteiger partial charge on any atom is 0.262 e. The molecule has 1 N–H and O–H groups in total. The van der Waals surface area contributed by atoms with Gasteiger partial charge >= 0.3 is 0 Å². The van der Waals surface area contributed by atoms with Gasteiger partial charge < -0.3 is 10.1 Å². The van der Waals surface area contributed by atoms with Crippen LogP contribution < -0.4 is 10.1 Å². The van der Waals surface area contributed by atoms with Crippen molar-refractivity contribution in [3.63, 3.8) is 0 Å². The smallest absolute Gasteiger partial charge is 0.262 e. The molecule has 0 spiro atoms. The van der Waals surface area contributed by atoms with E-state index in [-0.39, 0.29) is 5.75 Å². The van der Waals surface area contributed by atoms with Crippen LogP contribution >= 0.6 is 11.6 Å². The minimum absolute atomic E-state index is 0.193. The molecule has 2 aromatic carbocycles. The number of rotatable bonds is 4. The van der Waals surface area contributed by atoms with Crippen LogP contribution in [-0.2, 0) is 4.79 Å². The molecule has 1 amide bonds. The van der Waals surface area contributed by atoms with Crippen LogP contribution in [0.25, 0.3) is 0 Å². The van der Waals surface area contributed by atoms with Gasteiger partial charge in [0.2, 0.25) is 0 Å². The molecule has 0 unspecified atom stereocenters. The number of aryl methyl sites for hydroxylation is 1. The summed E-state index contributed by atoms with van der Waals surface area (Å²) in [5.41, 5.74) is 1.40. The summed E-state index contributed by atoms with van der Waals surface area (Å²) in [5, 5.41) is 2.95. The number of benzene rings is 2. The van der Waals surface area contributed by atoms with Gasteiger partial charge in [0.15, 0.2) is 18.2 Å². The minimum Gasteiger partial charge on any atom is -0.481 e. The standard InChI is InChI=1S/C15H12ClF2NO2/c1-9-2-4-13(11(16)6-9)19-15(20)8-21-14-5-3-10(17)7-12(14)18/h2-7H,8H2,1H3,(H,19,20). The highest BCUT2D eigenvalue weighted by atomic mass is 35.5. The van der Waals surface area contributed by atoms with Gasteiger partial charge in [0.1, 0.15) is 5.82 Å². The summed E-state index contributed by atoms with van der Waals surface area (Å²) in [4.78, 5) is 11.7. The molecule has 0 bridgehead atoms. The molecule has 0 saturated heterocycles. The molecule has 0 radical (unpaired) electrons. The lowest BCUT2D eigenvalue weighted by Gasteiger charge is -2.09. The van der Waals surface area contributed by atoms with Crippen LogP contribution in [0.1, 0.15) is 5.56 Å². The van der Waals surface area contributed by atoms with Crippen molar-refractivity contribution in [2.45, 2.75) is 6.92 Å². The van der Waals surface area contributed by atoms with Crippen molar-refractivity contribution in [2.24, 2.45) is 0 Å². The lowest BCUT2D eigenvalue weighted by atomic mass is 10.2. The number of carbonyl (C=O) groups excluding carboxylic acids is 1. The Morgan fingerprint density at radius 2 is 2.00 bits per heavy atom. The third-order valence-electron chi connectivity index (χ3n) is 2.65. The van der Waals surface area contributed by atoms with E-state index in [1.165, 1.54) is 0 Å². The summed E-state index contributed by atoms with van der Waals surface area (Å²) in [7, 11) is 0. The second kappa shape index (κ2) is 6.54. The van der Waals surface area contributed by atoms with Gasteiger partial charge in [0, 0.05) is 6.07 Å². The molecule has 0 saturated carbocycles. The predicted octanol–water partition coefficient (Wildman–Crippen LogP) is 3.94. The minimum atomic E-state index is -0.865. The first-order valence-electron chi connectivity index (χ1n) is 6.09. The lowest BCUT2D eigenvalue weighted by Crippen LogP contribution is -2.20. The molecule has 0 aliphatic rings. The largest absolute Gasteiger partial charge is 0.481 e. The Hall–Kier alpha value is -2.14. The molecule has 0 aromatic heterocycles. The van der Waals surface area contributed by atoms with Crippen LogP contribution in [0.3, 0.4) is 0 Å². The van der Waals surface area contributed by atoms with Crippen LogP contribution in [0.5, 0.6) is 5.75 Å². The number of nitrogens with one attached hydrogen (secondary N) is 1. The summed E-state index contributed by atoms with van der Waals surface area (Å²) in [6.45, 7) is 1.46. The van der Waals surface area contributed by atoms with Crippen LogP contribution in [0.4, 0.5) is 14.5 Å². The van der Waals surface area contributed by atoms with Crippen molar-refractivity contribution < 1.29 is 18.3 Å². The molecule has 2 rings (SSSR count). The zero-order chi connectivity index (χ0) is 15.4. The highest BCUT2D eigenvalue weighted by molar-refractivity contribution is 6.33. The van der Waals surface area contributed by atoms with Gasteiger partial charge in [-0.2, -0.15) is 0 Å². The average Bonchev–Trinajstić information content (AvgIpc) is 2.41. The zero-order valence-corrected chi connectivity index (χ0v) is 11.9. The molecule has 0 atom stereocenters. The van der Waals surface area contributed by atoms with Gasteiger partial charge in [-0.05, 0) is 36.8 Å². The van der Waals surface area contributed by atoms with Crippen molar-refractivity contribution >= 4 is 23.2 Å². The molecule has 0 aliphatic heterocycles. The van der Waals surface area contributed by atoms with Crippen LogP contribution in [0.15, 0.2) is 36.4 Å². The number of halogens is 3. The van der Waals surface area contributed by atoms with Crippen LogP contribution in [0.2, 0.25) is 5.02 Å². The van der Waals surface area contributed by atoms with Crippen molar-refractivity contribution in [3.05, 3.63) is 58.6 Å². The predicted molar refractivity (Wildman–Crippen MR) is 76.7 cm³/mol. The van der Waals surface area contributed by atoms with Gasteiger partial charge in [0.05, 0.1) is 10.7 Å². The number of carbonyl (C=O) groups is 1. The Morgan fingerprint density at radius 1 is 1.24 bits per heavy atom. The van der Waals surface area contributed by atoms with E-state index in [1.54, 1.807) is 18.2 Å². The molecule has 6 heteroatoms. The SMILES string of the molecule is Cc1ccc(NC(=O)COc2ccc(F)cc2F)c(Cl)c1. The summed E-state index contributed by atoms with van der Waals surface area (Å²) >= 11 is 5.98. The topological polar surface area (TPSA) is 38.3 Å². The normalized spacial score (nSPS) is 10.3. The molecule has 3 nitrogen and oxygen atoms in total. The van der Waals surface area contributed by atoms with E-state index in [0.29, 0.717) is 16.8 Å². The zero-order valence-electron chi connectivity index (χ0n) is 11.1. The van der Waals surface area contributed by atoms with E-state index in [1.807, 2.05) is 6.92 Å². The van der Waals surface area contributed by atoms with E-state index in [0.717, 1.165) is 17.7 Å². The van der Waals surface area contributed by atoms with Crippen molar-refractivity contribution in [2.75, 3.05) is 11.9 Å². The maximum atomic E-state index is 13.3. The Labute approximate surface area is 125 Å². The summed E-state index contributed by atoms with van der Waals surface area (Å²) in [5.74, 6) is -2.27. The van der Waals surface area contributed by atoms with E-state index in [4.69, 9.17) is 16.3 Å². The molecule has 0 fully saturated rings. The Kier molecular flexibility index (Phi) is 4.75. The fourth-order valence-electron chi connectivity index (χ4n) is 1.64. The summed E-state index contributed by atoms with van der Waals surface area (Å²) < 4.78 is 31.0. The van der Waals surface area contributed by atoms with Crippen molar-refractivity contribution in [3.8, 4) is 5.75 Å². The number of hydrogen-bond acceptors (Lipinski definition) is 2. The molecule has 2 aromatic rings. The second-order valence-corrected chi connectivity index (χ2v) is 4.80. The molecule has 0 heterocycles. The molecule has 110 valence electrons. The van der Waals surface area contributed by atoms with Gasteiger partial charge in [-0.1, -0.05) is 17.7 Å². The van der Waals surface area contributed by atoms with Gasteiger partial charge in [-0.3, -0.25) is 4.79 Å². The first kappa shape index (κ1) is 15.3. The van der Waals surface area contributed by atoms with E-state index in [9.17, 15) is 13.6 Å². The molecular formula is C15H12ClF2NO2. The summed E-state index contributed by atoms with van der Waals surface area (Å²) in [6.07, 6.45) is 0. The fraction of sp³-hybridized carbons (Fsp3) is 0.133. The number of ether oxygens (including phenoxy) is 1. The van der Waals surface area contributed by atoms with Crippen molar-refractivity contribution in [1.82, 2.24) is 0 Å². The summed E-state index contributed by atoms with van der Waals surface area (Å²) in [6, 6.07) is 8.02. The highest BCUT2D eigenvalue weighted by Crippen LogP contribution is 2.23. The Bertz CT molecular complexity index is 677. The monoisotopic (exact) mass is 311 g/mol. The first-order chi connectivity index (χ1) is 9.95. The van der Waals surface area contributed by atoms with Gasteiger partial charge in [-0.25, -0.2) is 8.78 Å². The van der Waals surface area contributed by atoms with E-state index >= 15 is 0 Å². The number of anilines is 1. The Morgan fingerprint density at radius 3 is 2.67 bits per heavy atom. The maximum absolute atomic E-state index is 13.3. The van der Waals surface area contributed by atoms with Gasteiger partial charge in [0.25, 0.3) is 5.91 Å². The van der Waals surface area contributed by atoms with Crippen LogP contribution in [0, 0.1) is 18.6 Å². The molecule has 0 aliphatic carbocycles. The fourth-order valence-corrected chi connectivity index (χ4v) is 1.93. The third-order valence-corrected chi connectivity index (χ3v) is 2.96.